The number of nitrogens with zero attached hydrogens (tertiary/aromatic N) is 11. The van der Waals surface area contributed by atoms with Crippen LogP contribution in [0.3, 0.4) is 0 Å². The Bertz CT molecular complexity index is 2170. The summed E-state index contributed by atoms with van der Waals surface area (Å²) in [5.74, 6) is 2.78. The average molecular weight is 664 g/mol. The summed E-state index contributed by atoms with van der Waals surface area (Å²) in [5, 5.41) is 38.9. The van der Waals surface area contributed by atoms with E-state index in [0.717, 1.165) is 45.0 Å². The molecule has 2 aliphatic rings. The molecule has 47 heavy (non-hydrogen) atoms. The summed E-state index contributed by atoms with van der Waals surface area (Å²) < 4.78 is 7.19. The molecule has 2 aliphatic heterocycles. The normalized spacial score (nSPS) is 13.6. The Morgan fingerprint density at radius 2 is 1.21 bits per heavy atom. The Hall–Kier alpha value is -5.28. The highest BCUT2D eigenvalue weighted by Gasteiger charge is 2.25. The monoisotopic (exact) mass is 663 g/mol. The lowest BCUT2D eigenvalue weighted by molar-refractivity contribution is -0.384. The topological polar surface area (TPSA) is 139 Å². The number of hydrogen-bond acceptors (Lipinski definition) is 10. The molecule has 0 N–H and O–H groups in total. The van der Waals surface area contributed by atoms with E-state index in [0.29, 0.717) is 22.4 Å². The maximum atomic E-state index is 11.0. The van der Waals surface area contributed by atoms with Crippen molar-refractivity contribution in [3.63, 3.8) is 0 Å². The zero-order valence-electron chi connectivity index (χ0n) is 26.0. The van der Waals surface area contributed by atoms with Gasteiger partial charge in [0, 0.05) is 37.9 Å². The van der Waals surface area contributed by atoms with Crippen LogP contribution in [-0.4, -0.2) is 66.7 Å². The molecule has 6 aromatic rings. The van der Waals surface area contributed by atoms with Crippen molar-refractivity contribution in [3.05, 3.63) is 111 Å². The van der Waals surface area contributed by atoms with E-state index in [-0.39, 0.29) is 5.69 Å². The molecule has 0 unspecified atom stereocenters. The Morgan fingerprint density at radius 3 is 1.66 bits per heavy atom. The van der Waals surface area contributed by atoms with Gasteiger partial charge < -0.3 is 9.13 Å². The zero-order chi connectivity index (χ0) is 32.7. The molecular formula is C32H29N11O2S2. The van der Waals surface area contributed by atoms with E-state index in [1.807, 2.05) is 65.8 Å². The van der Waals surface area contributed by atoms with Gasteiger partial charge in [-0.15, -0.1) is 20.4 Å². The van der Waals surface area contributed by atoms with Gasteiger partial charge in [0.05, 0.1) is 33.9 Å². The third kappa shape index (κ3) is 6.02. The molecule has 0 bridgehead atoms. The molecule has 15 heteroatoms. The van der Waals surface area contributed by atoms with Crippen molar-refractivity contribution in [3.8, 4) is 23.0 Å². The van der Waals surface area contributed by atoms with E-state index in [4.69, 9.17) is 5.10 Å². The lowest BCUT2D eigenvalue weighted by atomic mass is 10.1. The molecule has 236 valence electrons. The van der Waals surface area contributed by atoms with Crippen LogP contribution >= 0.6 is 23.5 Å². The van der Waals surface area contributed by atoms with Gasteiger partial charge >= 0.3 is 0 Å². The maximum Gasteiger partial charge on any atom is 0.287 e. The minimum Gasteiger partial charge on any atom is -0.348 e. The minimum atomic E-state index is -0.424. The predicted octanol–water partition coefficient (Wildman–Crippen LogP) is 5.81. The van der Waals surface area contributed by atoms with E-state index < -0.39 is 4.92 Å². The van der Waals surface area contributed by atoms with Crippen LogP contribution in [0.5, 0.6) is 0 Å². The van der Waals surface area contributed by atoms with Gasteiger partial charge in [-0.2, -0.15) is 19.6 Å². The maximum absolute atomic E-state index is 11.0. The van der Waals surface area contributed by atoms with Crippen molar-refractivity contribution in [2.75, 3.05) is 11.5 Å². The highest BCUT2D eigenvalue weighted by molar-refractivity contribution is 8.00. The highest BCUT2D eigenvalue weighted by Crippen LogP contribution is 2.31. The first-order valence-corrected chi connectivity index (χ1v) is 16.6. The molecule has 0 amide bonds. The Kier molecular flexibility index (Phi) is 8.07. The van der Waals surface area contributed by atoms with Crippen LogP contribution in [0.25, 0.3) is 23.0 Å². The van der Waals surface area contributed by atoms with Crippen LogP contribution in [0.4, 0.5) is 5.69 Å². The summed E-state index contributed by atoms with van der Waals surface area (Å²) in [4.78, 5) is 10.6. The van der Waals surface area contributed by atoms with Crippen LogP contribution in [0, 0.1) is 24.0 Å². The molecule has 0 spiro atoms. The molecule has 6 heterocycles. The Balaban J connectivity index is 0.000000151. The molecule has 0 fully saturated rings. The third-order valence-corrected chi connectivity index (χ3v) is 9.58. The quantitative estimate of drug-likeness (QED) is 0.166. The van der Waals surface area contributed by atoms with Crippen molar-refractivity contribution in [2.24, 2.45) is 24.3 Å². The first kappa shape index (κ1) is 30.4. The van der Waals surface area contributed by atoms with E-state index in [9.17, 15) is 10.1 Å². The van der Waals surface area contributed by atoms with Crippen LogP contribution in [-0.2, 0) is 14.1 Å². The second-order valence-corrected chi connectivity index (χ2v) is 13.0. The lowest BCUT2D eigenvalue weighted by Gasteiger charge is -2.14. The standard InChI is InChI=1S/C16H14N6O2S.C16H15N5S/c1-10-3-5-11(6-4-10)13-9-25-16-18-17-15(21(16)19-13)14-7-12(22(23)24)8-20(14)2;1-11-5-7-12(8-6-11)13-10-22-16-18-17-15(21(16)19-13)14-4-3-9-20(14)2/h3-8H,9H2,1-2H3;3-9H,10H2,1-2H3. The van der Waals surface area contributed by atoms with Gasteiger partial charge in [-0.05, 0) is 37.1 Å². The van der Waals surface area contributed by atoms with Gasteiger partial charge in [0.2, 0.25) is 22.0 Å². The molecule has 2 aromatic carbocycles. The number of benzene rings is 2. The fourth-order valence-electron chi connectivity index (χ4n) is 5.11. The largest absolute Gasteiger partial charge is 0.348 e. The van der Waals surface area contributed by atoms with Crippen molar-refractivity contribution < 1.29 is 4.92 Å². The number of aryl methyl sites for hydroxylation is 4. The van der Waals surface area contributed by atoms with Crippen molar-refractivity contribution in [1.29, 1.82) is 0 Å². The Labute approximate surface area is 278 Å². The van der Waals surface area contributed by atoms with Gasteiger partial charge in [-0.1, -0.05) is 83.2 Å². The van der Waals surface area contributed by atoms with Gasteiger partial charge in [0.15, 0.2) is 0 Å². The number of hydrogen-bond donors (Lipinski definition) is 0. The lowest BCUT2D eigenvalue weighted by Crippen LogP contribution is -2.14. The second kappa shape index (κ2) is 12.5. The molecule has 0 atom stereocenters. The number of rotatable bonds is 5. The third-order valence-electron chi connectivity index (χ3n) is 7.71. The number of fused-ring (bicyclic) bond motifs is 2. The van der Waals surface area contributed by atoms with Crippen molar-refractivity contribution in [2.45, 2.75) is 24.2 Å². The number of aromatic nitrogens is 8. The smallest absolute Gasteiger partial charge is 0.287 e. The molecule has 0 saturated heterocycles. The highest BCUT2D eigenvalue weighted by atomic mass is 32.2. The van der Waals surface area contributed by atoms with Crippen molar-refractivity contribution in [1.82, 2.24) is 38.9 Å². The second-order valence-electron chi connectivity index (χ2n) is 11.1. The first-order valence-electron chi connectivity index (χ1n) is 14.6. The summed E-state index contributed by atoms with van der Waals surface area (Å²) in [6.07, 6.45) is 3.45. The van der Waals surface area contributed by atoms with Crippen LogP contribution < -0.4 is 0 Å². The van der Waals surface area contributed by atoms with E-state index >= 15 is 0 Å². The summed E-state index contributed by atoms with van der Waals surface area (Å²) in [6, 6.07) is 22.1. The summed E-state index contributed by atoms with van der Waals surface area (Å²) in [7, 11) is 3.74. The molecule has 0 saturated carbocycles. The fourth-order valence-corrected chi connectivity index (χ4v) is 6.79. The van der Waals surface area contributed by atoms with Gasteiger partial charge in [-0.25, -0.2) is 0 Å². The molecule has 8 rings (SSSR count). The SMILES string of the molecule is Cc1ccc(C2=Nn3c(nnc3-c3cc([N+](=O)[O-])cn3C)SC2)cc1.Cc1ccc(C2=Nn3c(nnc3-c3cccn3C)SC2)cc1. The summed E-state index contributed by atoms with van der Waals surface area (Å²) in [6.45, 7) is 4.13. The van der Waals surface area contributed by atoms with Crippen LogP contribution in [0.2, 0.25) is 0 Å². The van der Waals surface area contributed by atoms with Gasteiger partial charge in [-0.3, -0.25) is 10.1 Å². The number of thioether (sulfide) groups is 2. The number of nitro groups is 1. The van der Waals surface area contributed by atoms with E-state index in [1.54, 1.807) is 39.8 Å². The summed E-state index contributed by atoms with van der Waals surface area (Å²) in [5.41, 5.74) is 8.22. The molecule has 0 aliphatic carbocycles. The van der Waals surface area contributed by atoms with Crippen LogP contribution in [0.1, 0.15) is 22.3 Å². The molecule has 0 radical (unpaired) electrons. The van der Waals surface area contributed by atoms with Crippen LogP contribution in [0.15, 0.2) is 99.6 Å². The Morgan fingerprint density at radius 1 is 0.702 bits per heavy atom. The average Bonchev–Trinajstić information content (AvgIpc) is 3.87. The minimum absolute atomic E-state index is 0.0149. The molecule has 4 aromatic heterocycles. The zero-order valence-corrected chi connectivity index (χ0v) is 27.6. The van der Waals surface area contributed by atoms with Gasteiger partial charge in [0.1, 0.15) is 0 Å². The van der Waals surface area contributed by atoms with E-state index in [2.05, 4.69) is 56.7 Å². The fraction of sp³-hybridized carbons (Fsp3) is 0.188. The van der Waals surface area contributed by atoms with Crippen molar-refractivity contribution >= 4 is 40.6 Å². The molecule has 13 nitrogen and oxygen atoms in total. The summed E-state index contributed by atoms with van der Waals surface area (Å²) >= 11 is 3.21. The molecular weight excluding hydrogens is 635 g/mol. The van der Waals surface area contributed by atoms with E-state index in [1.165, 1.54) is 23.4 Å². The van der Waals surface area contributed by atoms with Gasteiger partial charge in [0.25, 0.3) is 5.69 Å². The first-order chi connectivity index (χ1) is 22.7. The predicted molar refractivity (Wildman–Crippen MR) is 183 cm³/mol.